The number of hydrogen-bond acceptors (Lipinski definition) is 4. The van der Waals surface area contributed by atoms with Crippen molar-refractivity contribution in [3.8, 4) is 5.75 Å². The van der Waals surface area contributed by atoms with Crippen LogP contribution in [0.2, 0.25) is 0 Å². The maximum Gasteiger partial charge on any atom is 0.125 e. The van der Waals surface area contributed by atoms with Gasteiger partial charge in [-0.2, -0.15) is 0 Å². The Kier molecular flexibility index (Phi) is 3.76. The van der Waals surface area contributed by atoms with Crippen LogP contribution in [-0.2, 0) is 0 Å². The molecule has 0 radical (unpaired) electrons. The monoisotopic (exact) mass is 249 g/mol. The van der Waals surface area contributed by atoms with Crippen LogP contribution in [0.5, 0.6) is 5.75 Å². The van der Waals surface area contributed by atoms with Crippen LogP contribution in [0.15, 0.2) is 30.5 Å². The van der Waals surface area contributed by atoms with E-state index in [0.717, 1.165) is 21.2 Å². The second-order valence-electron chi connectivity index (χ2n) is 3.66. The van der Waals surface area contributed by atoms with Gasteiger partial charge in [-0.3, -0.25) is 0 Å². The molecule has 17 heavy (non-hydrogen) atoms. The first-order chi connectivity index (χ1) is 8.22. The third kappa shape index (κ3) is 2.65. The highest BCUT2D eigenvalue weighted by molar-refractivity contribution is 7.11. The Labute approximate surface area is 105 Å². The van der Waals surface area contributed by atoms with Crippen molar-refractivity contribution < 1.29 is 9.84 Å². The summed E-state index contributed by atoms with van der Waals surface area (Å²) in [7, 11) is 0. The van der Waals surface area contributed by atoms with Crippen LogP contribution in [0, 0.1) is 6.92 Å². The number of rotatable bonds is 4. The van der Waals surface area contributed by atoms with Gasteiger partial charge in [0.15, 0.2) is 0 Å². The average molecular weight is 249 g/mol. The summed E-state index contributed by atoms with van der Waals surface area (Å²) in [5, 5.41) is 11.3. The Bertz CT molecular complexity index is 496. The standard InChI is InChI=1S/C13H15NO2S/c1-3-16-11-7-5-4-6-10(11)13(15)12-8-14-9(2)17-12/h4-8,13,15H,3H2,1-2H3. The smallest absolute Gasteiger partial charge is 0.125 e. The zero-order valence-corrected chi connectivity index (χ0v) is 10.7. The highest BCUT2D eigenvalue weighted by Crippen LogP contribution is 2.32. The van der Waals surface area contributed by atoms with Crippen LogP contribution in [0.1, 0.15) is 28.5 Å². The number of benzene rings is 1. The van der Waals surface area contributed by atoms with Gasteiger partial charge in [-0.15, -0.1) is 11.3 Å². The van der Waals surface area contributed by atoms with Gasteiger partial charge in [0.2, 0.25) is 0 Å². The number of aryl methyl sites for hydroxylation is 1. The van der Waals surface area contributed by atoms with Crippen LogP contribution < -0.4 is 4.74 Å². The number of aliphatic hydroxyl groups excluding tert-OH is 1. The number of thiazole rings is 1. The molecule has 1 aromatic carbocycles. The van der Waals surface area contributed by atoms with Crippen LogP contribution in [0.4, 0.5) is 0 Å². The zero-order chi connectivity index (χ0) is 12.3. The van der Waals surface area contributed by atoms with E-state index < -0.39 is 6.10 Å². The minimum absolute atomic E-state index is 0.589. The molecule has 90 valence electrons. The fraction of sp³-hybridized carbons (Fsp3) is 0.308. The van der Waals surface area contributed by atoms with Crippen molar-refractivity contribution in [3.05, 3.63) is 45.9 Å². The molecule has 0 aliphatic heterocycles. The molecule has 0 aliphatic rings. The molecule has 1 unspecified atom stereocenters. The third-order valence-corrected chi connectivity index (χ3v) is 3.39. The molecule has 0 spiro atoms. The predicted octanol–water partition coefficient (Wildman–Crippen LogP) is 2.93. The van der Waals surface area contributed by atoms with Gasteiger partial charge >= 0.3 is 0 Å². The van der Waals surface area contributed by atoms with E-state index in [1.165, 1.54) is 11.3 Å². The van der Waals surface area contributed by atoms with E-state index in [2.05, 4.69) is 4.98 Å². The number of ether oxygens (including phenoxy) is 1. The minimum atomic E-state index is -0.663. The number of hydrogen-bond donors (Lipinski definition) is 1. The van der Waals surface area contributed by atoms with E-state index in [4.69, 9.17) is 4.74 Å². The summed E-state index contributed by atoms with van der Waals surface area (Å²) >= 11 is 1.50. The molecule has 0 fully saturated rings. The van der Waals surface area contributed by atoms with Gasteiger partial charge in [-0.1, -0.05) is 18.2 Å². The van der Waals surface area contributed by atoms with E-state index in [-0.39, 0.29) is 0 Å². The van der Waals surface area contributed by atoms with Gasteiger partial charge in [-0.05, 0) is 19.9 Å². The van der Waals surface area contributed by atoms with Crippen LogP contribution in [0.3, 0.4) is 0 Å². The number of aromatic nitrogens is 1. The zero-order valence-electron chi connectivity index (χ0n) is 9.88. The van der Waals surface area contributed by atoms with Crippen LogP contribution in [0.25, 0.3) is 0 Å². The molecular formula is C13H15NO2S. The normalized spacial score (nSPS) is 12.4. The maximum absolute atomic E-state index is 10.3. The molecule has 0 saturated carbocycles. The van der Waals surface area contributed by atoms with Crippen molar-refractivity contribution in [3.63, 3.8) is 0 Å². The van der Waals surface area contributed by atoms with Crippen LogP contribution >= 0.6 is 11.3 Å². The average Bonchev–Trinajstić information content (AvgIpc) is 2.76. The van der Waals surface area contributed by atoms with Gasteiger partial charge in [0.05, 0.1) is 16.5 Å². The lowest BCUT2D eigenvalue weighted by atomic mass is 10.1. The Hall–Kier alpha value is -1.39. The Morgan fingerprint density at radius 3 is 2.82 bits per heavy atom. The fourth-order valence-corrected chi connectivity index (χ4v) is 2.44. The first-order valence-electron chi connectivity index (χ1n) is 5.54. The summed E-state index contributed by atoms with van der Waals surface area (Å²) in [6.45, 7) is 4.45. The second-order valence-corrected chi connectivity index (χ2v) is 4.92. The fourth-order valence-electron chi connectivity index (χ4n) is 1.65. The van der Waals surface area contributed by atoms with E-state index in [1.54, 1.807) is 6.20 Å². The van der Waals surface area contributed by atoms with Crippen molar-refractivity contribution in [2.75, 3.05) is 6.61 Å². The van der Waals surface area contributed by atoms with E-state index in [1.807, 2.05) is 38.1 Å². The maximum atomic E-state index is 10.3. The molecule has 0 saturated heterocycles. The predicted molar refractivity (Wildman–Crippen MR) is 68.5 cm³/mol. The molecule has 4 heteroatoms. The minimum Gasteiger partial charge on any atom is -0.493 e. The summed E-state index contributed by atoms with van der Waals surface area (Å²) in [5.74, 6) is 0.730. The van der Waals surface area contributed by atoms with Crippen molar-refractivity contribution in [1.29, 1.82) is 0 Å². The van der Waals surface area contributed by atoms with E-state index >= 15 is 0 Å². The molecule has 1 N–H and O–H groups in total. The molecular weight excluding hydrogens is 234 g/mol. The number of para-hydroxylation sites is 1. The highest BCUT2D eigenvalue weighted by atomic mass is 32.1. The van der Waals surface area contributed by atoms with E-state index in [9.17, 15) is 5.11 Å². The summed E-state index contributed by atoms with van der Waals surface area (Å²) in [6.07, 6.45) is 1.05. The van der Waals surface area contributed by atoms with Gasteiger partial charge in [0, 0.05) is 11.8 Å². The van der Waals surface area contributed by atoms with Crippen molar-refractivity contribution >= 4 is 11.3 Å². The quantitative estimate of drug-likeness (QED) is 0.906. The first-order valence-corrected chi connectivity index (χ1v) is 6.36. The lowest BCUT2D eigenvalue weighted by Crippen LogP contribution is -2.02. The molecule has 3 nitrogen and oxygen atoms in total. The Morgan fingerprint density at radius 2 is 2.18 bits per heavy atom. The van der Waals surface area contributed by atoms with Crippen molar-refractivity contribution in [2.24, 2.45) is 0 Å². The van der Waals surface area contributed by atoms with Gasteiger partial charge in [0.25, 0.3) is 0 Å². The molecule has 2 rings (SSSR count). The topological polar surface area (TPSA) is 42.4 Å². The molecule has 1 aromatic heterocycles. The second kappa shape index (κ2) is 5.29. The summed E-state index contributed by atoms with van der Waals surface area (Å²) < 4.78 is 5.51. The van der Waals surface area contributed by atoms with Crippen LogP contribution in [-0.4, -0.2) is 16.7 Å². The largest absolute Gasteiger partial charge is 0.493 e. The van der Waals surface area contributed by atoms with Gasteiger partial charge in [0.1, 0.15) is 11.9 Å². The lowest BCUT2D eigenvalue weighted by Gasteiger charge is -2.13. The van der Waals surface area contributed by atoms with E-state index in [0.29, 0.717) is 6.61 Å². The molecule has 0 aliphatic carbocycles. The summed E-state index contributed by atoms with van der Waals surface area (Å²) in [4.78, 5) is 5.00. The highest BCUT2D eigenvalue weighted by Gasteiger charge is 2.17. The molecule has 1 heterocycles. The van der Waals surface area contributed by atoms with Crippen molar-refractivity contribution in [1.82, 2.24) is 4.98 Å². The SMILES string of the molecule is CCOc1ccccc1C(O)c1cnc(C)s1. The van der Waals surface area contributed by atoms with Gasteiger partial charge in [-0.25, -0.2) is 4.98 Å². The molecule has 0 bridgehead atoms. The van der Waals surface area contributed by atoms with Crippen molar-refractivity contribution in [2.45, 2.75) is 20.0 Å². The summed E-state index contributed by atoms with van der Waals surface area (Å²) in [5.41, 5.74) is 0.790. The van der Waals surface area contributed by atoms with Gasteiger partial charge < -0.3 is 9.84 Å². The molecule has 1 atom stereocenters. The lowest BCUT2D eigenvalue weighted by molar-refractivity contribution is 0.215. The molecule has 2 aromatic rings. The Morgan fingerprint density at radius 1 is 1.41 bits per heavy atom. The Balaban J connectivity index is 2.33. The molecule has 0 amide bonds. The first kappa shape index (κ1) is 12.1. The third-order valence-electron chi connectivity index (χ3n) is 2.42. The number of nitrogens with zero attached hydrogens (tertiary/aromatic N) is 1. The number of aliphatic hydroxyl groups is 1. The summed E-state index contributed by atoms with van der Waals surface area (Å²) in [6, 6.07) is 7.55.